The van der Waals surface area contributed by atoms with E-state index < -0.39 is 11.8 Å². The van der Waals surface area contributed by atoms with Crippen LogP contribution in [0.2, 0.25) is 0 Å². The second-order valence-corrected chi connectivity index (χ2v) is 9.70. The van der Waals surface area contributed by atoms with E-state index in [0.29, 0.717) is 42.4 Å². The van der Waals surface area contributed by atoms with Gasteiger partial charge in [-0.1, -0.05) is 62.2 Å². The number of para-hydroxylation sites is 1. The molecule has 1 heterocycles. The number of carbonyl (C=O) groups excluding carboxylic acids is 2. The van der Waals surface area contributed by atoms with Gasteiger partial charge in [0.05, 0.1) is 12.3 Å². The van der Waals surface area contributed by atoms with E-state index in [0.717, 1.165) is 20.1 Å². The van der Waals surface area contributed by atoms with Crippen molar-refractivity contribution in [2.45, 2.75) is 20.0 Å². The van der Waals surface area contributed by atoms with Crippen molar-refractivity contribution < 1.29 is 19.1 Å². The molecule has 3 aromatic carbocycles. The van der Waals surface area contributed by atoms with Gasteiger partial charge in [-0.15, -0.1) is 6.58 Å². The number of hydrazine groups is 1. The zero-order chi connectivity index (χ0) is 25.7. The van der Waals surface area contributed by atoms with Crippen LogP contribution < -0.4 is 19.9 Å². The molecule has 0 unspecified atom stereocenters. The second kappa shape index (κ2) is 11.6. The molecule has 3 aromatic rings. The number of hydrogen-bond acceptors (Lipinski definition) is 4. The van der Waals surface area contributed by atoms with E-state index >= 15 is 0 Å². The summed E-state index contributed by atoms with van der Waals surface area (Å²) < 4.78 is 14.0. The van der Waals surface area contributed by atoms with Crippen LogP contribution in [0.4, 0.5) is 5.69 Å². The van der Waals surface area contributed by atoms with E-state index in [9.17, 15) is 9.59 Å². The summed E-state index contributed by atoms with van der Waals surface area (Å²) in [5.41, 5.74) is 5.72. The molecule has 1 fully saturated rings. The fourth-order valence-corrected chi connectivity index (χ4v) is 4.93. The van der Waals surface area contributed by atoms with Gasteiger partial charge in [-0.25, -0.2) is 5.01 Å². The number of rotatable bonds is 9. The van der Waals surface area contributed by atoms with Gasteiger partial charge in [0, 0.05) is 20.1 Å². The highest BCUT2D eigenvalue weighted by molar-refractivity contribution is 9.11. The van der Waals surface area contributed by atoms with E-state index in [2.05, 4.69) is 43.9 Å². The topological polar surface area (TPSA) is 67.9 Å². The van der Waals surface area contributed by atoms with Crippen molar-refractivity contribution in [3.8, 4) is 11.5 Å². The van der Waals surface area contributed by atoms with Crippen molar-refractivity contribution in [1.82, 2.24) is 5.43 Å². The number of hydrogen-bond donors (Lipinski definition) is 1. The molecule has 0 aromatic heterocycles. The summed E-state index contributed by atoms with van der Waals surface area (Å²) in [6, 6.07) is 18.5. The van der Waals surface area contributed by atoms with Gasteiger partial charge in [-0.3, -0.25) is 15.0 Å². The maximum Gasteiger partial charge on any atom is 0.282 e. The summed E-state index contributed by atoms with van der Waals surface area (Å²) in [6.45, 7) is 6.50. The summed E-state index contributed by atoms with van der Waals surface area (Å²) in [5.74, 6) is 0.242. The van der Waals surface area contributed by atoms with Crippen molar-refractivity contribution in [1.29, 1.82) is 0 Å². The number of carbonyl (C=O) groups is 2. The number of nitrogens with one attached hydrogen (secondary N) is 1. The predicted molar refractivity (Wildman–Crippen MR) is 148 cm³/mol. The average Bonchev–Trinajstić information content (AvgIpc) is 3.14. The van der Waals surface area contributed by atoms with Crippen LogP contribution in [-0.4, -0.2) is 18.4 Å². The number of benzene rings is 3. The van der Waals surface area contributed by atoms with E-state index in [1.54, 1.807) is 42.5 Å². The summed E-state index contributed by atoms with van der Waals surface area (Å²) in [4.78, 5) is 25.7. The first kappa shape index (κ1) is 25.7. The van der Waals surface area contributed by atoms with E-state index in [4.69, 9.17) is 9.47 Å². The lowest BCUT2D eigenvalue weighted by molar-refractivity contribution is -0.117. The standard InChI is InChI=1S/C28H24Br2N2O4/c1-3-8-19-13-18(14-23-27(33)31-32(28(23)34)22-9-6-5-7-10-22)15-25(35-4-2)26(19)36-17-20-11-12-21(29)16-24(20)30/h3,5-7,9-16H,1,4,8,17H2,2H3,(H,31,33)/b23-14-. The van der Waals surface area contributed by atoms with Gasteiger partial charge in [0.2, 0.25) is 0 Å². The molecule has 2 amide bonds. The molecule has 0 radical (unpaired) electrons. The molecule has 0 spiro atoms. The van der Waals surface area contributed by atoms with Crippen molar-refractivity contribution in [2.24, 2.45) is 0 Å². The Morgan fingerprint density at radius 3 is 2.47 bits per heavy atom. The van der Waals surface area contributed by atoms with Gasteiger partial charge in [0.25, 0.3) is 11.8 Å². The summed E-state index contributed by atoms with van der Waals surface area (Å²) in [5, 5.41) is 1.25. The Kier molecular flexibility index (Phi) is 8.28. The van der Waals surface area contributed by atoms with Crippen LogP contribution >= 0.6 is 31.9 Å². The molecular weight excluding hydrogens is 588 g/mol. The Morgan fingerprint density at radius 2 is 1.78 bits per heavy atom. The molecule has 0 aliphatic carbocycles. The number of nitrogens with zero attached hydrogens (tertiary/aromatic N) is 1. The van der Waals surface area contributed by atoms with E-state index in [1.165, 1.54) is 5.01 Å². The molecule has 1 N–H and O–H groups in total. The van der Waals surface area contributed by atoms with Crippen molar-refractivity contribution in [3.63, 3.8) is 0 Å². The van der Waals surface area contributed by atoms with Crippen LogP contribution in [0.3, 0.4) is 0 Å². The highest BCUT2D eigenvalue weighted by Gasteiger charge is 2.34. The van der Waals surface area contributed by atoms with Crippen LogP contribution in [0.15, 0.2) is 87.8 Å². The first-order valence-corrected chi connectivity index (χ1v) is 12.9. The van der Waals surface area contributed by atoms with E-state index in [-0.39, 0.29) is 5.57 Å². The van der Waals surface area contributed by atoms with Crippen molar-refractivity contribution >= 4 is 55.4 Å². The summed E-state index contributed by atoms with van der Waals surface area (Å²) >= 11 is 7.04. The first-order chi connectivity index (χ1) is 17.4. The smallest absolute Gasteiger partial charge is 0.282 e. The Balaban J connectivity index is 1.68. The number of allylic oxidation sites excluding steroid dienone is 1. The lowest BCUT2D eigenvalue weighted by Crippen LogP contribution is -2.35. The average molecular weight is 612 g/mol. The number of amides is 2. The van der Waals surface area contributed by atoms with Gasteiger partial charge in [-0.2, -0.15) is 0 Å². The maximum atomic E-state index is 13.0. The van der Waals surface area contributed by atoms with Gasteiger partial charge < -0.3 is 9.47 Å². The highest BCUT2D eigenvalue weighted by atomic mass is 79.9. The van der Waals surface area contributed by atoms with Gasteiger partial charge in [0.1, 0.15) is 12.2 Å². The molecule has 6 nitrogen and oxygen atoms in total. The third-order valence-electron chi connectivity index (χ3n) is 5.42. The SMILES string of the molecule is C=CCc1cc(/C=C2/C(=O)NN(c3ccccc3)C2=O)cc(OCC)c1OCc1ccc(Br)cc1Br. The van der Waals surface area contributed by atoms with Crippen molar-refractivity contribution in [3.05, 3.63) is 105 Å². The van der Waals surface area contributed by atoms with Crippen LogP contribution in [0.1, 0.15) is 23.6 Å². The molecule has 1 aliphatic heterocycles. The third kappa shape index (κ3) is 5.71. The molecule has 184 valence electrons. The molecule has 0 saturated carbocycles. The zero-order valence-electron chi connectivity index (χ0n) is 19.6. The van der Waals surface area contributed by atoms with Gasteiger partial charge in [-0.05, 0) is 61.4 Å². The fraction of sp³-hybridized carbons (Fsp3) is 0.143. The largest absolute Gasteiger partial charge is 0.490 e. The highest BCUT2D eigenvalue weighted by Crippen LogP contribution is 2.36. The van der Waals surface area contributed by atoms with Crippen LogP contribution in [0.5, 0.6) is 11.5 Å². The number of anilines is 1. The van der Waals surface area contributed by atoms with Gasteiger partial charge >= 0.3 is 0 Å². The Morgan fingerprint density at radius 1 is 1.00 bits per heavy atom. The molecule has 36 heavy (non-hydrogen) atoms. The monoisotopic (exact) mass is 610 g/mol. The molecule has 1 aliphatic rings. The minimum absolute atomic E-state index is 0.0401. The Labute approximate surface area is 226 Å². The second-order valence-electron chi connectivity index (χ2n) is 7.93. The fourth-order valence-electron chi connectivity index (χ4n) is 3.77. The van der Waals surface area contributed by atoms with Gasteiger partial charge in [0.15, 0.2) is 11.5 Å². The van der Waals surface area contributed by atoms with E-state index in [1.807, 2.05) is 37.3 Å². The van der Waals surface area contributed by atoms with Crippen LogP contribution in [0, 0.1) is 0 Å². The lowest BCUT2D eigenvalue weighted by Gasteiger charge is -2.17. The summed E-state index contributed by atoms with van der Waals surface area (Å²) in [7, 11) is 0. The molecule has 8 heteroatoms. The molecular formula is C28H24Br2N2O4. The number of halogens is 2. The first-order valence-electron chi connectivity index (χ1n) is 11.3. The van der Waals surface area contributed by atoms with Crippen molar-refractivity contribution in [2.75, 3.05) is 11.6 Å². The summed E-state index contributed by atoms with van der Waals surface area (Å²) in [6.07, 6.45) is 3.87. The van der Waals surface area contributed by atoms with Crippen LogP contribution in [-0.2, 0) is 22.6 Å². The minimum Gasteiger partial charge on any atom is -0.490 e. The number of ether oxygens (including phenoxy) is 2. The molecule has 4 rings (SSSR count). The quantitative estimate of drug-likeness (QED) is 0.173. The third-order valence-corrected chi connectivity index (χ3v) is 6.65. The molecule has 0 atom stereocenters. The minimum atomic E-state index is -0.465. The predicted octanol–water partition coefficient (Wildman–Crippen LogP) is 6.38. The lowest BCUT2D eigenvalue weighted by atomic mass is 10.0. The molecule has 1 saturated heterocycles. The van der Waals surface area contributed by atoms with Crippen LogP contribution in [0.25, 0.3) is 6.08 Å². The Hall–Kier alpha value is -3.36. The molecule has 0 bridgehead atoms. The maximum absolute atomic E-state index is 13.0. The Bertz CT molecular complexity index is 1340. The zero-order valence-corrected chi connectivity index (χ0v) is 22.8. The normalized spacial score (nSPS) is 14.2.